The number of imidazole rings is 2. The molecule has 14 atom stereocenters. The van der Waals surface area contributed by atoms with Crippen LogP contribution in [-0.4, -0.2) is 153 Å². The molecule has 7 aliphatic rings. The van der Waals surface area contributed by atoms with Gasteiger partial charge in [-0.3, -0.25) is 29.3 Å². The molecule has 13 rings (SSSR count). The molecule has 5 aliphatic carbocycles. The molecular weight excluding hydrogens is 1180 g/mol. The van der Waals surface area contributed by atoms with Gasteiger partial charge in [-0.15, -0.1) is 0 Å². The molecule has 2 aliphatic heterocycles. The van der Waals surface area contributed by atoms with E-state index in [-0.39, 0.29) is 74.8 Å². The third-order valence-corrected chi connectivity index (χ3v) is 21.3. The largest absolute Gasteiger partial charge is 0.397 e. The molecule has 2 aromatic carbocycles. The first-order valence-corrected chi connectivity index (χ1v) is 32.5. The SMILES string of the molecule is CC(C)c1ccccc1S(=O)(=O)c1cc(N)c2ncccc2c1[N+](=O)[O-].CCCC1O[C@H]2CC3C4CCC5=CC(=O)C=CC5(C)C4[C@@H](O)CC3(C)[C@]2(C(=O)CO)O1.C[C@@H](N)Cc1cnc[nH]1.OC[C@H]1O[C@@H](n2cnc3c(NC4CCCC4)ncnc32)[C@@H](O)[C@H]1O. The number of aliphatic hydroxyl groups excluding tert-OH is 5. The van der Waals surface area contributed by atoms with Gasteiger partial charge in [0.2, 0.25) is 9.84 Å². The van der Waals surface area contributed by atoms with Crippen molar-refractivity contribution in [1.29, 1.82) is 0 Å². The molecule has 6 heterocycles. The standard InChI is InChI=1S/C25H34O6.C18H17N3O4S.C15H21N5O4.C6H11N3/c1-4-5-21-30-20-11-17-16-7-6-14-10-15(27)8-9-23(14,2)22(16)18(28)12-24(17,3)25(20,31-21)19(29)13-26;1-11(2)12-6-3-4-8-15(12)26(24,25)16-10-14(19)17-13(7-5-9-20-17)18(16)21(22)23;21-5-9-11(22)12(23)15(24-9)20-7-18-10-13(16-6-17-14(10)20)19-8-3-1-2-4-8;1-5(7)2-6-3-8-4-9-6/h8-10,16-18,20-22,26,28H,4-7,11-13H2,1-3H3;3-11H,19H2,1-2H3;6-9,11-12,15,21-23H,1-5H2,(H,16,17,19);3-5H,2,7H2,1H3,(H,8,9)/t16?,17?,18-,20-,21?,22?,23?,24?,25+;;9-,11+,12+,15-;5-/m0.11/s1. The quantitative estimate of drug-likeness (QED) is 0.0319. The van der Waals surface area contributed by atoms with Crippen molar-refractivity contribution >= 4 is 60.7 Å². The van der Waals surface area contributed by atoms with Crippen molar-refractivity contribution in [3.8, 4) is 0 Å². The molecule has 11 N–H and O–H groups in total. The van der Waals surface area contributed by atoms with Crippen LogP contribution in [0.3, 0.4) is 0 Å². The maximum Gasteiger partial charge on any atom is 0.297 e. The van der Waals surface area contributed by atoms with Gasteiger partial charge in [-0.2, -0.15) is 0 Å². The number of nitrogens with two attached hydrogens (primary N) is 2. The van der Waals surface area contributed by atoms with Crippen molar-refractivity contribution in [1.82, 2.24) is 34.5 Å². The van der Waals surface area contributed by atoms with Gasteiger partial charge in [0.05, 0.1) is 52.4 Å². The van der Waals surface area contributed by atoms with Crippen molar-refractivity contribution in [2.45, 2.75) is 189 Å². The average Bonchev–Trinajstić information content (AvgIpc) is 1.50. The highest BCUT2D eigenvalue weighted by Crippen LogP contribution is 2.70. The van der Waals surface area contributed by atoms with E-state index < -0.39 is 86.0 Å². The van der Waals surface area contributed by atoms with E-state index in [4.69, 9.17) is 25.7 Å². The van der Waals surface area contributed by atoms with E-state index in [0.29, 0.717) is 47.8 Å². The number of benzene rings is 2. The summed E-state index contributed by atoms with van der Waals surface area (Å²) in [7, 11) is -4.15. The van der Waals surface area contributed by atoms with Gasteiger partial charge >= 0.3 is 0 Å². The van der Waals surface area contributed by atoms with E-state index >= 15 is 0 Å². The van der Waals surface area contributed by atoms with Crippen LogP contribution < -0.4 is 16.8 Å². The van der Waals surface area contributed by atoms with E-state index in [0.717, 1.165) is 55.9 Å². The maximum absolute atomic E-state index is 13.3. The fourth-order valence-corrected chi connectivity index (χ4v) is 17.2. The molecule has 90 heavy (non-hydrogen) atoms. The van der Waals surface area contributed by atoms with E-state index in [9.17, 15) is 53.7 Å². The molecule has 2 saturated heterocycles. The van der Waals surface area contributed by atoms with Gasteiger partial charge in [-0.1, -0.05) is 83.7 Å². The van der Waals surface area contributed by atoms with E-state index in [1.807, 2.05) is 26.8 Å². The summed E-state index contributed by atoms with van der Waals surface area (Å²) in [5.41, 5.74) is 13.0. The van der Waals surface area contributed by atoms with Crippen LogP contribution >= 0.6 is 0 Å². The van der Waals surface area contributed by atoms with Crippen LogP contribution in [0.25, 0.3) is 22.1 Å². The second-order valence-electron chi connectivity index (χ2n) is 25.5. The van der Waals surface area contributed by atoms with Crippen LogP contribution in [-0.2, 0) is 40.1 Å². The third kappa shape index (κ3) is 12.1. The van der Waals surface area contributed by atoms with Crippen LogP contribution in [0.5, 0.6) is 0 Å². The first-order chi connectivity index (χ1) is 42.9. The lowest BCUT2D eigenvalue weighted by Crippen LogP contribution is -2.63. The van der Waals surface area contributed by atoms with Gasteiger partial charge in [0, 0.05) is 53.3 Å². The summed E-state index contributed by atoms with van der Waals surface area (Å²) < 4.78 is 46.4. The number of hydrogen-bond acceptors (Lipinski definition) is 22. The van der Waals surface area contributed by atoms with Gasteiger partial charge < -0.3 is 61.5 Å². The summed E-state index contributed by atoms with van der Waals surface area (Å²) in [5, 5.41) is 66.0. The summed E-state index contributed by atoms with van der Waals surface area (Å²) in [6, 6.07) is 11.2. The number of pyridine rings is 1. The number of hydrogen-bond donors (Lipinski definition) is 9. The number of ether oxygens (including phenoxy) is 3. The Morgan fingerprint density at radius 2 is 1.74 bits per heavy atom. The number of nitro groups is 1. The third-order valence-electron chi connectivity index (χ3n) is 19.5. The van der Waals surface area contributed by atoms with Crippen LogP contribution in [0.15, 0.2) is 107 Å². The number of aliphatic hydroxyl groups is 5. The zero-order chi connectivity index (χ0) is 64.6. The second-order valence-corrected chi connectivity index (χ2v) is 27.4. The number of carbonyl (C=O) groups excluding carboxylic acids is 2. The molecule has 0 bridgehead atoms. The molecule has 0 spiro atoms. The predicted octanol–water partition coefficient (Wildman–Crippen LogP) is 6.49. The Labute approximate surface area is 521 Å². The lowest BCUT2D eigenvalue weighted by atomic mass is 9.46. The Morgan fingerprint density at radius 3 is 2.41 bits per heavy atom. The molecule has 4 saturated carbocycles. The minimum Gasteiger partial charge on any atom is -0.397 e. The zero-order valence-electron chi connectivity index (χ0n) is 51.5. The van der Waals surface area contributed by atoms with Crippen LogP contribution in [0.1, 0.15) is 129 Å². The molecule has 0 amide bonds. The highest BCUT2D eigenvalue weighted by molar-refractivity contribution is 7.91. The number of anilines is 2. The second kappa shape index (κ2) is 26.7. The highest BCUT2D eigenvalue weighted by Gasteiger charge is 2.75. The Morgan fingerprint density at radius 1 is 0.989 bits per heavy atom. The van der Waals surface area contributed by atoms with Gasteiger partial charge in [-0.25, -0.2) is 28.4 Å². The van der Waals surface area contributed by atoms with Crippen LogP contribution in [0, 0.1) is 38.7 Å². The van der Waals surface area contributed by atoms with Crippen LogP contribution in [0.4, 0.5) is 17.2 Å². The summed E-state index contributed by atoms with van der Waals surface area (Å²) in [6.45, 7) is 11.0. The first kappa shape index (κ1) is 66.0. The number of aromatic nitrogens is 7. The van der Waals surface area contributed by atoms with Crippen molar-refractivity contribution < 1.29 is 62.7 Å². The number of aromatic amines is 1. The van der Waals surface area contributed by atoms with Gasteiger partial charge in [0.1, 0.15) is 36.8 Å². The molecule has 6 fully saturated rings. The number of nitrogen functional groups attached to an aromatic ring is 1. The number of sulfone groups is 1. The molecule has 25 nitrogen and oxygen atoms in total. The van der Waals surface area contributed by atoms with Gasteiger partial charge in [0.15, 0.2) is 51.6 Å². The number of allylic oxidation sites excluding steroid dienone is 4. The normalized spacial score (nSPS) is 30.4. The zero-order valence-corrected chi connectivity index (χ0v) is 52.3. The number of carbonyl (C=O) groups is 2. The Kier molecular flexibility index (Phi) is 19.6. The highest BCUT2D eigenvalue weighted by atomic mass is 32.2. The van der Waals surface area contributed by atoms with Crippen molar-refractivity contribution in [3.63, 3.8) is 0 Å². The number of nitrogens with zero attached hydrogens (tertiary/aromatic N) is 7. The average molecular weight is 1260 g/mol. The summed E-state index contributed by atoms with van der Waals surface area (Å²) in [6.07, 6.45) is 17.7. The summed E-state index contributed by atoms with van der Waals surface area (Å²) in [5.74, 6) is 0.622. The van der Waals surface area contributed by atoms with Crippen molar-refractivity contribution in [2.75, 3.05) is 24.3 Å². The predicted molar refractivity (Wildman–Crippen MR) is 332 cm³/mol. The van der Waals surface area contributed by atoms with Crippen molar-refractivity contribution in [2.24, 2.45) is 34.3 Å². The Hall–Kier alpha value is -6.98. The fourth-order valence-electron chi connectivity index (χ4n) is 15.3. The lowest BCUT2D eigenvalue weighted by molar-refractivity contribution is -0.386. The van der Waals surface area contributed by atoms with Gasteiger partial charge in [-0.05, 0) is 112 Å². The number of nitrogens with one attached hydrogen (secondary N) is 2. The van der Waals surface area contributed by atoms with Crippen molar-refractivity contribution in [3.05, 3.63) is 119 Å². The number of ketones is 2. The number of nitro benzene ring substituents is 1. The molecule has 6 unspecified atom stereocenters. The molecular formula is C64H83N11O14S. The minimum absolute atomic E-state index is 0.0125. The lowest BCUT2D eigenvalue weighted by Gasteiger charge is -2.59. The smallest absolute Gasteiger partial charge is 0.297 e. The summed E-state index contributed by atoms with van der Waals surface area (Å²) >= 11 is 0. The van der Waals surface area contributed by atoms with E-state index in [1.54, 1.807) is 47.4 Å². The fraction of sp³-hybridized carbons (Fsp3) is 0.547. The number of rotatable bonds is 14. The minimum atomic E-state index is -4.15. The number of fused-ring (bicyclic) bond motifs is 9. The van der Waals surface area contributed by atoms with Gasteiger partial charge in [0.25, 0.3) is 5.69 Å². The van der Waals surface area contributed by atoms with E-state index in [2.05, 4.69) is 56.0 Å². The van der Waals surface area contributed by atoms with Crippen LogP contribution in [0.2, 0.25) is 0 Å². The molecule has 4 aromatic heterocycles. The van der Waals surface area contributed by atoms with E-state index in [1.165, 1.54) is 49.9 Å². The molecule has 0 radical (unpaired) electrons. The number of H-pyrrole nitrogens is 1. The molecule has 484 valence electrons. The first-order valence-electron chi connectivity index (χ1n) is 31.0. The molecule has 6 aromatic rings. The monoisotopic (exact) mass is 1260 g/mol. The summed E-state index contributed by atoms with van der Waals surface area (Å²) in [4.78, 5) is 59.6. The molecule has 26 heteroatoms. The number of Topliss-reactive ketones (excluding diaryl/α,β-unsaturated/α-hetero) is 1. The Bertz CT molecular complexity index is 3760. The Balaban J connectivity index is 0.000000140. The topological polar surface area (TPSA) is 390 Å². The maximum atomic E-state index is 13.3.